The molecule has 2 heterocycles. The molecule has 0 bridgehead atoms. The summed E-state index contributed by atoms with van der Waals surface area (Å²) in [5, 5.41) is 18.5. The fraction of sp³-hybridized carbons (Fsp3) is 0.174. The molecule has 0 amide bonds. The lowest BCUT2D eigenvalue weighted by molar-refractivity contribution is 0.128. The van der Waals surface area contributed by atoms with E-state index in [9.17, 15) is 0 Å². The van der Waals surface area contributed by atoms with Gasteiger partial charge in [0.05, 0.1) is 12.3 Å². The Morgan fingerprint density at radius 2 is 1.84 bits per heavy atom. The third-order valence-electron chi connectivity index (χ3n) is 4.28. The lowest BCUT2D eigenvalue weighted by atomic mass is 10.1. The molecule has 8 nitrogen and oxygen atoms in total. The standard InChI is InChI=1S/C23H20N6O2S/c1-29-23(25-27-28-29)22(19-11-6-3-7-12-19)26-31-16-20-17-32-21(24-20)13-8-14-30-15-18-9-4-2-5-10-18/h2-7,9-12,17H,14-16H2,1H3. The topological polar surface area (TPSA) is 87.3 Å². The molecule has 32 heavy (non-hydrogen) atoms. The Hall–Kier alpha value is -3.87. The maximum atomic E-state index is 5.57. The number of hydrogen-bond donors (Lipinski definition) is 0. The van der Waals surface area contributed by atoms with Crippen LogP contribution in [0.15, 0.2) is 71.2 Å². The molecule has 0 atom stereocenters. The fourth-order valence-electron chi connectivity index (χ4n) is 2.75. The van der Waals surface area contributed by atoms with Gasteiger partial charge in [-0.1, -0.05) is 71.7 Å². The van der Waals surface area contributed by atoms with E-state index in [1.54, 1.807) is 11.7 Å². The SMILES string of the molecule is Cn1nnnc1C(=NOCc1csc(C#CCOCc2ccccc2)n1)c1ccccc1. The maximum absolute atomic E-state index is 5.57. The number of aromatic nitrogens is 5. The number of oxime groups is 1. The van der Waals surface area contributed by atoms with E-state index in [1.165, 1.54) is 11.3 Å². The molecule has 0 aliphatic carbocycles. The molecule has 4 rings (SSSR count). The summed E-state index contributed by atoms with van der Waals surface area (Å²) in [4.78, 5) is 10.0. The highest BCUT2D eigenvalue weighted by molar-refractivity contribution is 7.10. The van der Waals surface area contributed by atoms with Crippen LogP contribution in [0.1, 0.15) is 27.7 Å². The normalized spacial score (nSPS) is 11.1. The van der Waals surface area contributed by atoms with Crippen LogP contribution in [-0.4, -0.2) is 37.5 Å². The number of hydrogen-bond acceptors (Lipinski definition) is 8. The summed E-state index contributed by atoms with van der Waals surface area (Å²) >= 11 is 1.45. The van der Waals surface area contributed by atoms with Crippen molar-refractivity contribution >= 4 is 17.0 Å². The second-order valence-corrected chi connectivity index (χ2v) is 7.49. The molecular weight excluding hydrogens is 424 g/mol. The van der Waals surface area contributed by atoms with Crippen LogP contribution in [0.2, 0.25) is 0 Å². The van der Waals surface area contributed by atoms with Gasteiger partial charge in [0.25, 0.3) is 0 Å². The van der Waals surface area contributed by atoms with E-state index in [-0.39, 0.29) is 6.61 Å². The number of ether oxygens (including phenoxy) is 1. The first-order chi connectivity index (χ1) is 15.8. The summed E-state index contributed by atoms with van der Waals surface area (Å²) < 4.78 is 7.12. The number of tetrazole rings is 1. The van der Waals surface area contributed by atoms with Crippen LogP contribution < -0.4 is 0 Å². The van der Waals surface area contributed by atoms with Gasteiger partial charge in [-0.25, -0.2) is 9.67 Å². The Balaban J connectivity index is 1.33. The van der Waals surface area contributed by atoms with Crippen molar-refractivity contribution in [3.63, 3.8) is 0 Å². The van der Waals surface area contributed by atoms with Crippen molar-refractivity contribution in [3.05, 3.63) is 93.7 Å². The number of rotatable bonds is 8. The third-order valence-corrected chi connectivity index (χ3v) is 5.09. The van der Waals surface area contributed by atoms with Gasteiger partial charge in [0.2, 0.25) is 5.82 Å². The highest BCUT2D eigenvalue weighted by atomic mass is 32.1. The van der Waals surface area contributed by atoms with E-state index in [4.69, 9.17) is 9.57 Å². The number of nitrogens with zero attached hydrogens (tertiary/aromatic N) is 6. The first-order valence-electron chi connectivity index (χ1n) is 9.82. The van der Waals surface area contributed by atoms with E-state index in [2.05, 4.69) is 37.5 Å². The van der Waals surface area contributed by atoms with Gasteiger partial charge in [-0.3, -0.25) is 0 Å². The van der Waals surface area contributed by atoms with Gasteiger partial charge in [-0.05, 0) is 21.9 Å². The van der Waals surface area contributed by atoms with Crippen LogP contribution in [0.4, 0.5) is 0 Å². The fourth-order valence-corrected chi connectivity index (χ4v) is 3.42. The predicted molar refractivity (Wildman–Crippen MR) is 121 cm³/mol. The zero-order valence-corrected chi connectivity index (χ0v) is 18.2. The van der Waals surface area contributed by atoms with Crippen LogP contribution in [0.5, 0.6) is 0 Å². The van der Waals surface area contributed by atoms with Crippen LogP contribution in [0, 0.1) is 11.8 Å². The Labute approximate surface area is 189 Å². The summed E-state index contributed by atoms with van der Waals surface area (Å²) in [5.74, 6) is 6.52. The highest BCUT2D eigenvalue weighted by Crippen LogP contribution is 2.12. The van der Waals surface area contributed by atoms with Crippen LogP contribution in [0.3, 0.4) is 0 Å². The Morgan fingerprint density at radius 1 is 1.06 bits per heavy atom. The average molecular weight is 445 g/mol. The Bertz CT molecular complexity index is 1230. The molecule has 2 aromatic heterocycles. The third kappa shape index (κ3) is 5.85. The predicted octanol–water partition coefficient (Wildman–Crippen LogP) is 3.20. The van der Waals surface area contributed by atoms with E-state index in [0.29, 0.717) is 29.8 Å². The van der Waals surface area contributed by atoms with Gasteiger partial charge < -0.3 is 9.57 Å². The van der Waals surface area contributed by atoms with Gasteiger partial charge in [-0.15, -0.1) is 16.4 Å². The summed E-state index contributed by atoms with van der Waals surface area (Å²) in [6.07, 6.45) is 0. The van der Waals surface area contributed by atoms with Gasteiger partial charge >= 0.3 is 0 Å². The van der Waals surface area contributed by atoms with Gasteiger partial charge in [0.15, 0.2) is 17.3 Å². The average Bonchev–Trinajstić information content (AvgIpc) is 3.46. The first-order valence-corrected chi connectivity index (χ1v) is 10.7. The second kappa shape index (κ2) is 10.9. The van der Waals surface area contributed by atoms with E-state index < -0.39 is 0 Å². The molecule has 0 saturated carbocycles. The molecule has 0 spiro atoms. The zero-order valence-electron chi connectivity index (χ0n) is 17.4. The number of aryl methyl sites for hydroxylation is 1. The first kappa shape index (κ1) is 21.4. The van der Waals surface area contributed by atoms with E-state index >= 15 is 0 Å². The minimum Gasteiger partial charge on any atom is -0.389 e. The summed E-state index contributed by atoms with van der Waals surface area (Å²) in [7, 11) is 1.75. The Morgan fingerprint density at radius 3 is 2.59 bits per heavy atom. The lowest BCUT2D eigenvalue weighted by Gasteiger charge is -2.05. The molecule has 0 saturated heterocycles. The zero-order chi connectivity index (χ0) is 22.0. The molecule has 0 N–H and O–H groups in total. The smallest absolute Gasteiger partial charge is 0.204 e. The quantitative estimate of drug-likeness (QED) is 0.180. The van der Waals surface area contributed by atoms with Crippen LogP contribution in [-0.2, 0) is 29.8 Å². The molecule has 0 fully saturated rings. The molecule has 4 aromatic rings. The molecular formula is C23H20N6O2S. The van der Waals surface area contributed by atoms with E-state index in [0.717, 1.165) is 16.8 Å². The maximum Gasteiger partial charge on any atom is 0.204 e. The Kier molecular flexibility index (Phi) is 7.31. The monoisotopic (exact) mass is 444 g/mol. The van der Waals surface area contributed by atoms with Crippen molar-refractivity contribution < 1.29 is 9.57 Å². The van der Waals surface area contributed by atoms with Crippen molar-refractivity contribution in [1.82, 2.24) is 25.2 Å². The minimum absolute atomic E-state index is 0.213. The largest absolute Gasteiger partial charge is 0.389 e. The molecule has 0 aliphatic rings. The van der Waals surface area contributed by atoms with Gasteiger partial charge in [-0.2, -0.15) is 0 Å². The lowest BCUT2D eigenvalue weighted by Crippen LogP contribution is -2.12. The molecule has 0 unspecified atom stereocenters. The minimum atomic E-state index is 0.213. The van der Waals surface area contributed by atoms with Gasteiger partial charge in [0, 0.05) is 18.0 Å². The molecule has 160 valence electrons. The summed E-state index contributed by atoms with van der Waals surface area (Å²) in [5.41, 5.74) is 3.27. The number of benzene rings is 2. The second-order valence-electron chi connectivity index (χ2n) is 6.63. The summed E-state index contributed by atoms with van der Waals surface area (Å²) in [6, 6.07) is 19.6. The molecule has 2 aromatic carbocycles. The molecule has 0 radical (unpaired) electrons. The van der Waals surface area contributed by atoms with Crippen molar-refractivity contribution in [3.8, 4) is 11.8 Å². The van der Waals surface area contributed by atoms with Crippen LogP contribution >= 0.6 is 11.3 Å². The summed E-state index contributed by atoms with van der Waals surface area (Å²) in [6.45, 7) is 1.09. The van der Waals surface area contributed by atoms with Crippen molar-refractivity contribution in [2.45, 2.75) is 13.2 Å². The van der Waals surface area contributed by atoms with Crippen molar-refractivity contribution in [1.29, 1.82) is 0 Å². The van der Waals surface area contributed by atoms with Gasteiger partial charge in [0.1, 0.15) is 6.61 Å². The molecule has 9 heteroatoms. The van der Waals surface area contributed by atoms with E-state index in [1.807, 2.05) is 66.0 Å². The van der Waals surface area contributed by atoms with Crippen LogP contribution in [0.25, 0.3) is 0 Å². The highest BCUT2D eigenvalue weighted by Gasteiger charge is 2.14. The molecule has 0 aliphatic heterocycles. The van der Waals surface area contributed by atoms with Crippen molar-refractivity contribution in [2.24, 2.45) is 12.2 Å². The number of thiazole rings is 1. The van der Waals surface area contributed by atoms with Crippen molar-refractivity contribution in [2.75, 3.05) is 6.61 Å².